The summed E-state index contributed by atoms with van der Waals surface area (Å²) in [5, 5.41) is 6.86. The zero-order valence-electron chi connectivity index (χ0n) is 14.7. The van der Waals surface area contributed by atoms with Crippen molar-refractivity contribution in [2.45, 2.75) is 46.1 Å². The largest absolute Gasteiger partial charge is 0.497 e. The third kappa shape index (κ3) is 5.08. The highest BCUT2D eigenvalue weighted by molar-refractivity contribution is 5.76. The van der Waals surface area contributed by atoms with Crippen molar-refractivity contribution in [3.63, 3.8) is 0 Å². The van der Waals surface area contributed by atoms with E-state index in [9.17, 15) is 4.79 Å². The van der Waals surface area contributed by atoms with Gasteiger partial charge in [0.1, 0.15) is 5.75 Å². The van der Waals surface area contributed by atoms with Crippen LogP contribution in [0.5, 0.6) is 5.75 Å². The van der Waals surface area contributed by atoms with Gasteiger partial charge in [-0.15, -0.1) is 0 Å². The molecule has 0 aliphatic heterocycles. The van der Waals surface area contributed by atoms with Crippen LogP contribution in [0.15, 0.2) is 28.8 Å². The van der Waals surface area contributed by atoms with Crippen LogP contribution in [-0.2, 0) is 11.2 Å². The second-order valence-electron chi connectivity index (χ2n) is 6.15. The minimum absolute atomic E-state index is 0.0194. The molecule has 0 saturated carbocycles. The van der Waals surface area contributed by atoms with Gasteiger partial charge in [0.05, 0.1) is 13.2 Å². The van der Waals surface area contributed by atoms with Crippen LogP contribution in [0, 0.1) is 12.8 Å². The molecule has 130 valence electrons. The lowest BCUT2D eigenvalue weighted by Crippen LogP contribution is -2.31. The Kier molecular flexibility index (Phi) is 6.35. The van der Waals surface area contributed by atoms with Crippen molar-refractivity contribution in [1.29, 1.82) is 0 Å². The quantitative estimate of drug-likeness (QED) is 0.803. The number of methoxy groups -OCH3 is 1. The minimum Gasteiger partial charge on any atom is -0.497 e. The van der Waals surface area contributed by atoms with E-state index in [0.717, 1.165) is 11.3 Å². The molecule has 1 N–H and O–H groups in total. The molecule has 0 saturated heterocycles. The number of amides is 1. The van der Waals surface area contributed by atoms with Crippen LogP contribution < -0.4 is 10.1 Å². The molecular weight excluding hydrogens is 306 g/mol. The molecular formula is C18H25N3O3. The third-order valence-corrected chi connectivity index (χ3v) is 3.82. The maximum absolute atomic E-state index is 12.2. The van der Waals surface area contributed by atoms with Crippen LogP contribution in [0.4, 0.5) is 0 Å². The molecule has 0 radical (unpaired) electrons. The van der Waals surface area contributed by atoms with E-state index in [1.807, 2.05) is 24.3 Å². The highest BCUT2D eigenvalue weighted by atomic mass is 16.5. The van der Waals surface area contributed by atoms with Gasteiger partial charge < -0.3 is 14.6 Å². The monoisotopic (exact) mass is 331 g/mol. The molecule has 2 aromatic rings. The Hall–Kier alpha value is -2.37. The van der Waals surface area contributed by atoms with Crippen LogP contribution in [0.3, 0.4) is 0 Å². The number of carbonyl (C=O) groups is 1. The van der Waals surface area contributed by atoms with Crippen molar-refractivity contribution in [2.75, 3.05) is 7.11 Å². The Bertz CT molecular complexity index is 650. The van der Waals surface area contributed by atoms with Crippen molar-refractivity contribution >= 4 is 5.91 Å². The normalized spacial score (nSPS) is 12.2. The van der Waals surface area contributed by atoms with Gasteiger partial charge in [-0.3, -0.25) is 4.79 Å². The number of nitrogens with zero attached hydrogens (tertiary/aromatic N) is 2. The Morgan fingerprint density at radius 3 is 2.54 bits per heavy atom. The predicted octanol–water partition coefficient (Wildman–Crippen LogP) is 3.22. The first-order valence-corrected chi connectivity index (χ1v) is 8.22. The molecule has 1 heterocycles. The third-order valence-electron chi connectivity index (χ3n) is 3.82. The first kappa shape index (κ1) is 18.0. The van der Waals surface area contributed by atoms with E-state index in [2.05, 4.69) is 29.3 Å². The second kappa shape index (κ2) is 8.47. The molecule has 6 heteroatoms. The first-order valence-electron chi connectivity index (χ1n) is 8.22. The topological polar surface area (TPSA) is 77.2 Å². The maximum atomic E-state index is 12.2. The van der Waals surface area contributed by atoms with Gasteiger partial charge in [0.25, 0.3) is 0 Å². The minimum atomic E-state index is -0.0194. The number of aromatic nitrogens is 2. The molecule has 0 unspecified atom stereocenters. The van der Waals surface area contributed by atoms with Gasteiger partial charge in [-0.2, -0.15) is 4.98 Å². The molecule has 24 heavy (non-hydrogen) atoms. The summed E-state index contributed by atoms with van der Waals surface area (Å²) >= 11 is 0. The molecule has 0 fully saturated rings. The highest BCUT2D eigenvalue weighted by Crippen LogP contribution is 2.24. The average molecular weight is 331 g/mol. The lowest BCUT2D eigenvalue weighted by Gasteiger charge is -2.23. The molecule has 0 aliphatic rings. The summed E-state index contributed by atoms with van der Waals surface area (Å²) in [5.74, 6) is 2.33. The number of carbonyl (C=O) groups excluding carboxylic acids is 1. The number of rotatable bonds is 8. The van der Waals surface area contributed by atoms with Crippen LogP contribution in [0.1, 0.15) is 50.0 Å². The number of ether oxygens (including phenoxy) is 1. The van der Waals surface area contributed by atoms with E-state index in [0.29, 0.717) is 36.9 Å². The van der Waals surface area contributed by atoms with Gasteiger partial charge in [0.15, 0.2) is 5.82 Å². The second-order valence-corrected chi connectivity index (χ2v) is 6.15. The lowest BCUT2D eigenvalue weighted by molar-refractivity contribution is -0.122. The summed E-state index contributed by atoms with van der Waals surface area (Å²) in [6.45, 7) is 5.97. The van der Waals surface area contributed by atoms with E-state index in [1.54, 1.807) is 14.0 Å². The first-order chi connectivity index (χ1) is 11.5. The van der Waals surface area contributed by atoms with Crippen LogP contribution in [0.25, 0.3) is 0 Å². The molecule has 0 bridgehead atoms. The van der Waals surface area contributed by atoms with E-state index < -0.39 is 0 Å². The highest BCUT2D eigenvalue weighted by Gasteiger charge is 2.18. The Balaban J connectivity index is 1.88. The zero-order chi connectivity index (χ0) is 17.5. The maximum Gasteiger partial charge on any atom is 0.226 e. The smallest absolute Gasteiger partial charge is 0.226 e. The Morgan fingerprint density at radius 1 is 1.29 bits per heavy atom. The van der Waals surface area contributed by atoms with E-state index in [4.69, 9.17) is 9.26 Å². The van der Waals surface area contributed by atoms with Crippen molar-refractivity contribution in [3.05, 3.63) is 41.5 Å². The SMILES string of the molecule is COc1ccc([C@H](NC(=O)CCCc2nc(C)no2)C(C)C)cc1. The van der Waals surface area contributed by atoms with Gasteiger partial charge in [-0.05, 0) is 37.0 Å². The summed E-state index contributed by atoms with van der Waals surface area (Å²) in [6.07, 6.45) is 1.73. The van der Waals surface area contributed by atoms with E-state index >= 15 is 0 Å². The standard InChI is InChI=1S/C18H25N3O3/c1-12(2)18(14-8-10-15(23-4)11-9-14)20-16(22)6-5-7-17-19-13(3)21-24-17/h8-12,18H,5-7H2,1-4H3,(H,20,22)/t18-/m1/s1. The summed E-state index contributed by atoms with van der Waals surface area (Å²) in [4.78, 5) is 16.4. The summed E-state index contributed by atoms with van der Waals surface area (Å²) in [5.41, 5.74) is 1.08. The van der Waals surface area contributed by atoms with Crippen LogP contribution in [0.2, 0.25) is 0 Å². The zero-order valence-corrected chi connectivity index (χ0v) is 14.7. The molecule has 1 aromatic heterocycles. The molecule has 1 amide bonds. The fourth-order valence-corrected chi connectivity index (χ4v) is 2.53. The lowest BCUT2D eigenvalue weighted by atomic mass is 9.95. The van der Waals surface area contributed by atoms with Gasteiger partial charge in [0, 0.05) is 12.8 Å². The average Bonchev–Trinajstić information content (AvgIpc) is 2.98. The summed E-state index contributed by atoms with van der Waals surface area (Å²) < 4.78 is 10.2. The van der Waals surface area contributed by atoms with Gasteiger partial charge in [-0.25, -0.2) is 0 Å². The van der Waals surface area contributed by atoms with Crippen LogP contribution >= 0.6 is 0 Å². The number of hydrogen-bond donors (Lipinski definition) is 1. The van der Waals surface area contributed by atoms with Crippen molar-refractivity contribution in [2.24, 2.45) is 5.92 Å². The van der Waals surface area contributed by atoms with Gasteiger partial charge in [-0.1, -0.05) is 31.1 Å². The van der Waals surface area contributed by atoms with E-state index in [-0.39, 0.29) is 11.9 Å². The fraction of sp³-hybridized carbons (Fsp3) is 0.500. The Morgan fingerprint density at radius 2 is 2.00 bits per heavy atom. The van der Waals surface area contributed by atoms with E-state index in [1.165, 1.54) is 0 Å². The van der Waals surface area contributed by atoms with Crippen molar-refractivity contribution in [3.8, 4) is 5.75 Å². The molecule has 1 atom stereocenters. The van der Waals surface area contributed by atoms with Gasteiger partial charge >= 0.3 is 0 Å². The molecule has 1 aromatic carbocycles. The fourth-order valence-electron chi connectivity index (χ4n) is 2.53. The summed E-state index contributed by atoms with van der Waals surface area (Å²) in [6, 6.07) is 7.79. The van der Waals surface area contributed by atoms with Crippen molar-refractivity contribution in [1.82, 2.24) is 15.5 Å². The number of nitrogens with one attached hydrogen (secondary N) is 1. The molecule has 0 aliphatic carbocycles. The molecule has 6 nitrogen and oxygen atoms in total. The van der Waals surface area contributed by atoms with Crippen LogP contribution in [-0.4, -0.2) is 23.2 Å². The molecule has 2 rings (SSSR count). The predicted molar refractivity (Wildman–Crippen MR) is 90.7 cm³/mol. The number of hydrogen-bond acceptors (Lipinski definition) is 5. The molecule has 0 spiro atoms. The van der Waals surface area contributed by atoms with Gasteiger partial charge in [0.2, 0.25) is 11.8 Å². The number of benzene rings is 1. The Labute approximate surface area is 142 Å². The number of aryl methyl sites for hydroxylation is 2. The summed E-state index contributed by atoms with van der Waals surface area (Å²) in [7, 11) is 1.64. The van der Waals surface area contributed by atoms with Crippen molar-refractivity contribution < 1.29 is 14.1 Å².